The van der Waals surface area contributed by atoms with E-state index in [9.17, 15) is 58.2 Å². The molecule has 1 saturated heterocycles. The normalized spacial score (nSPS) is 15.2. The molecule has 0 bridgehead atoms. The summed E-state index contributed by atoms with van der Waals surface area (Å²) >= 11 is 6.24. The molecule has 11 atom stereocenters. The van der Waals surface area contributed by atoms with Gasteiger partial charge in [-0.15, -0.1) is 0 Å². The molecule has 0 unspecified atom stereocenters. The SMILES string of the molecule is CC(C)C[C@H](NC(=O)[C@H](CCCCNC(=O)c1ccc(N)nc1)NC(=O)[C@H](CCCCNC(=O)c1ccccn1)NC(=O)[C@@H](NC(=O)[C@H](Cc1cccnc1)NC(=O)[C@H](Cc1ccc(Cl)cc1)NC(=O)[C@@H](N)Cc1ccc2ccccc2c1)[C@@H](C)O)C(=O)N[C@@H](CCCN=C(N)N)C(=O)N1CCC[C@@H]1C(=O)N[C@@H](C)C(=O)O. The smallest absolute Gasteiger partial charge is 0.325 e. The topological polar surface area (TPSA) is 524 Å². The van der Waals surface area contributed by atoms with Crippen LogP contribution in [-0.2, 0) is 67.2 Å². The zero-order valence-corrected chi connectivity index (χ0v) is 63.8. The highest BCUT2D eigenvalue weighted by Gasteiger charge is 2.41. The molecule has 0 saturated carbocycles. The highest BCUT2D eigenvalue weighted by Crippen LogP contribution is 2.22. The molecule has 33 nitrogen and oxygen atoms in total. The molecule has 0 radical (unpaired) electrons. The van der Waals surface area contributed by atoms with Crippen LogP contribution in [0, 0.1) is 5.92 Å². The maximum Gasteiger partial charge on any atom is 0.325 e. The fraction of sp³-hybridized carbons (Fsp3) is 0.436. The molecule has 3 aromatic carbocycles. The fourth-order valence-corrected chi connectivity index (χ4v) is 12.6. The lowest BCUT2D eigenvalue weighted by Gasteiger charge is -2.31. The van der Waals surface area contributed by atoms with Gasteiger partial charge >= 0.3 is 5.97 Å². The standard InChI is InChI=1S/C78H102ClN19O14/c1-45(2)38-60(71(105)93-59(22-14-36-88-78(82)83)76(110)98-37-15-23-63(98)74(108)90-46(3)77(111)112)95-70(104)57(20-8-11-34-86-66(100)53-28-31-64(81)89-44-53)91-69(103)58(21-9-12-35-87-68(102)56-19-7-10-33-85-56)92-75(109)65(47(4)99)97-73(107)62(42-50-16-13-32-84-43-50)96-72(106)61(41-48-25-29-54(79)30-26-48)94-67(101)55(80)40-49-24-27-51-17-5-6-18-52(51)39-49/h5-7,10,13,16-19,24-33,39,43-47,55,57-63,65,99H,8-9,11-12,14-15,20-23,34-38,40-42,80H2,1-4H3,(H2,81,89)(H,86,100)(H,87,102)(H,90,108)(H,91,103)(H,92,109)(H,93,105)(H,94,101)(H,95,104)(H,96,106)(H,97,107)(H,111,112)(H4,82,83,88)/t46-,47+,55-,57-,58-,59-,60-,61-,62-,63+,65-/m0/s1. The largest absolute Gasteiger partial charge is 0.480 e. The van der Waals surface area contributed by atoms with Crippen molar-refractivity contribution in [3.05, 3.63) is 167 Å². The van der Waals surface area contributed by atoms with Crippen LogP contribution in [0.15, 0.2) is 139 Å². The van der Waals surface area contributed by atoms with Crippen LogP contribution in [0.3, 0.4) is 0 Å². The number of unbranched alkanes of at least 4 members (excludes halogenated alkanes) is 2. The Morgan fingerprint density at radius 2 is 1.14 bits per heavy atom. The van der Waals surface area contributed by atoms with E-state index in [2.05, 4.69) is 73.1 Å². The van der Waals surface area contributed by atoms with Crippen LogP contribution in [0.2, 0.25) is 5.02 Å². The van der Waals surface area contributed by atoms with Crippen molar-refractivity contribution in [3.8, 4) is 0 Å². The van der Waals surface area contributed by atoms with Gasteiger partial charge in [-0.05, 0) is 167 Å². The number of nitrogens with zero attached hydrogens (tertiary/aromatic N) is 5. The number of aliphatic hydroxyl groups excluding tert-OH is 1. The number of rotatable bonds is 43. The van der Waals surface area contributed by atoms with Gasteiger partial charge in [0, 0.05) is 68.8 Å². The second-order valence-corrected chi connectivity index (χ2v) is 28.4. The lowest BCUT2D eigenvalue weighted by Crippen LogP contribution is -2.62. The van der Waals surface area contributed by atoms with Gasteiger partial charge in [0.2, 0.25) is 53.2 Å². The quantitative estimate of drug-likeness (QED) is 0.0146. The van der Waals surface area contributed by atoms with E-state index in [0.29, 0.717) is 22.6 Å². The Bertz CT molecular complexity index is 4220. The number of carboxylic acid groups (broad SMARTS) is 1. The summed E-state index contributed by atoms with van der Waals surface area (Å²) in [6, 6.07) is 16.7. The lowest BCUT2D eigenvalue weighted by atomic mass is 10.00. The zero-order chi connectivity index (χ0) is 81.4. The van der Waals surface area contributed by atoms with Gasteiger partial charge in [0.15, 0.2) is 5.96 Å². The van der Waals surface area contributed by atoms with Crippen molar-refractivity contribution >= 4 is 105 Å². The predicted molar refractivity (Wildman–Crippen MR) is 419 cm³/mol. The number of nitrogen functional groups attached to an aromatic ring is 1. The molecular weight excluding hydrogens is 1460 g/mol. The monoisotopic (exact) mass is 1560 g/mol. The summed E-state index contributed by atoms with van der Waals surface area (Å²) in [6.45, 7) is 6.27. The molecule has 0 aliphatic carbocycles. The number of anilines is 1. The Morgan fingerprint density at radius 3 is 1.76 bits per heavy atom. The van der Waals surface area contributed by atoms with Gasteiger partial charge in [-0.2, -0.15) is 0 Å². The third-order valence-electron chi connectivity index (χ3n) is 18.5. The number of carbonyl (C=O) groups is 12. The first kappa shape index (κ1) is 87.5. The number of carboxylic acids is 1. The number of hydrogen-bond acceptors (Lipinski definition) is 19. The second-order valence-electron chi connectivity index (χ2n) is 28.0. The average Bonchev–Trinajstić information content (AvgIpc) is 1.70. The molecule has 600 valence electrons. The third-order valence-corrected chi connectivity index (χ3v) is 18.8. The molecule has 1 fully saturated rings. The summed E-state index contributed by atoms with van der Waals surface area (Å²) in [6.07, 6.45) is 4.68. The van der Waals surface area contributed by atoms with E-state index in [1.165, 1.54) is 61.7 Å². The number of aliphatic hydroxyl groups is 1. The van der Waals surface area contributed by atoms with Crippen LogP contribution in [0.4, 0.5) is 5.82 Å². The Kier molecular flexibility index (Phi) is 34.5. The Hall–Kier alpha value is -11.7. The molecule has 7 rings (SSSR count). The number of fused-ring (bicyclic) bond motifs is 1. The number of guanidine groups is 1. The number of benzene rings is 3. The van der Waals surface area contributed by atoms with Gasteiger partial charge in [0.1, 0.15) is 65.9 Å². The number of nitrogens with two attached hydrogens (primary N) is 4. The average molecular weight is 1570 g/mol. The third kappa shape index (κ3) is 28.3. The van der Waals surface area contributed by atoms with E-state index in [1.54, 1.807) is 62.4 Å². The predicted octanol–water partition coefficient (Wildman–Crippen LogP) is 1.27. The first-order valence-corrected chi connectivity index (χ1v) is 37.7. The molecule has 20 N–H and O–H groups in total. The molecular formula is C78H102ClN19O14. The van der Waals surface area contributed by atoms with Crippen molar-refractivity contribution in [2.75, 3.05) is 31.9 Å². The number of hydrogen-bond donors (Lipinski definition) is 16. The van der Waals surface area contributed by atoms with Gasteiger partial charge in [-0.1, -0.05) is 92.2 Å². The van der Waals surface area contributed by atoms with Gasteiger partial charge in [-0.25, -0.2) is 4.98 Å². The number of pyridine rings is 3. The van der Waals surface area contributed by atoms with Gasteiger partial charge in [0.25, 0.3) is 11.8 Å². The Morgan fingerprint density at radius 1 is 0.562 bits per heavy atom. The number of amides is 11. The fourth-order valence-electron chi connectivity index (χ4n) is 12.5. The number of nitrogens with one attached hydrogen (secondary N) is 10. The van der Waals surface area contributed by atoms with Crippen LogP contribution in [0.25, 0.3) is 10.8 Å². The van der Waals surface area contributed by atoms with E-state index in [1.807, 2.05) is 42.5 Å². The highest BCUT2D eigenvalue weighted by molar-refractivity contribution is 6.30. The summed E-state index contributed by atoms with van der Waals surface area (Å²) in [7, 11) is 0. The summed E-state index contributed by atoms with van der Waals surface area (Å²) in [5, 5.41) is 50.3. The number of aliphatic carboxylic acids is 1. The first-order chi connectivity index (χ1) is 53.5. The number of aliphatic imine (C=N–C) groups is 1. The lowest BCUT2D eigenvalue weighted by molar-refractivity contribution is -0.144. The van der Waals surface area contributed by atoms with E-state index >= 15 is 9.59 Å². The van der Waals surface area contributed by atoms with Crippen LogP contribution < -0.4 is 76.1 Å². The van der Waals surface area contributed by atoms with E-state index in [-0.39, 0.29) is 139 Å². The number of likely N-dealkylation sites (tertiary alicyclic amines) is 1. The number of aromatic nitrogens is 3. The summed E-state index contributed by atoms with van der Waals surface area (Å²) in [4.78, 5) is 187. The minimum Gasteiger partial charge on any atom is -0.480 e. The molecule has 0 spiro atoms. The minimum absolute atomic E-state index is 0.0294. The summed E-state index contributed by atoms with van der Waals surface area (Å²) in [5.74, 6) is -10.3. The summed E-state index contributed by atoms with van der Waals surface area (Å²) in [5.41, 5.74) is 25.6. The minimum atomic E-state index is -1.86. The van der Waals surface area contributed by atoms with Crippen LogP contribution in [0.1, 0.15) is 136 Å². The molecule has 112 heavy (non-hydrogen) atoms. The molecule has 4 heterocycles. The van der Waals surface area contributed by atoms with Crippen LogP contribution in [0.5, 0.6) is 0 Å². The molecule has 1 aliphatic heterocycles. The van der Waals surface area contributed by atoms with Crippen LogP contribution in [-0.4, -0.2) is 200 Å². The van der Waals surface area contributed by atoms with E-state index in [0.717, 1.165) is 16.3 Å². The molecule has 1 aliphatic rings. The maximum absolute atomic E-state index is 15.2. The van der Waals surface area contributed by atoms with Gasteiger partial charge in [0.05, 0.1) is 17.7 Å². The van der Waals surface area contributed by atoms with Crippen molar-refractivity contribution in [1.82, 2.24) is 73.0 Å². The zero-order valence-electron chi connectivity index (χ0n) is 63.1. The number of carbonyl (C=O) groups excluding carboxylic acids is 11. The van der Waals surface area contributed by atoms with Gasteiger partial charge < -0.3 is 91.2 Å². The molecule has 11 amide bonds. The van der Waals surface area contributed by atoms with E-state index < -0.39 is 137 Å². The highest BCUT2D eigenvalue weighted by atomic mass is 35.5. The van der Waals surface area contributed by atoms with Crippen molar-refractivity contribution in [2.45, 2.75) is 184 Å². The molecule has 3 aromatic heterocycles. The van der Waals surface area contributed by atoms with Crippen molar-refractivity contribution in [1.29, 1.82) is 0 Å². The summed E-state index contributed by atoms with van der Waals surface area (Å²) < 4.78 is 0. The number of halogens is 1. The van der Waals surface area contributed by atoms with Crippen molar-refractivity contribution < 1.29 is 67.7 Å². The van der Waals surface area contributed by atoms with Crippen LogP contribution >= 0.6 is 11.6 Å². The first-order valence-electron chi connectivity index (χ1n) is 37.3. The van der Waals surface area contributed by atoms with E-state index in [4.69, 9.17) is 34.5 Å². The Balaban J connectivity index is 1.16. The molecule has 34 heteroatoms. The Labute approximate surface area is 653 Å². The van der Waals surface area contributed by atoms with Crippen molar-refractivity contribution in [2.24, 2.45) is 28.1 Å². The van der Waals surface area contributed by atoms with Crippen molar-refractivity contribution in [3.63, 3.8) is 0 Å². The molecule has 6 aromatic rings. The van der Waals surface area contributed by atoms with Gasteiger partial charge in [-0.3, -0.25) is 72.5 Å². The maximum atomic E-state index is 15.2. The second kappa shape index (κ2) is 44.2.